The van der Waals surface area contributed by atoms with Gasteiger partial charge in [0.1, 0.15) is 6.04 Å². The monoisotopic (exact) mass is 375 g/mol. The van der Waals surface area contributed by atoms with Gasteiger partial charge in [0.05, 0.1) is 7.11 Å². The van der Waals surface area contributed by atoms with Crippen LogP contribution >= 0.6 is 0 Å². The van der Waals surface area contributed by atoms with E-state index in [1.165, 1.54) is 13.8 Å². The minimum absolute atomic E-state index is 0.174. The van der Waals surface area contributed by atoms with E-state index in [4.69, 9.17) is 4.74 Å². The molecule has 2 aromatic rings. The number of carbonyl (C=O) groups is 4. The number of ether oxygens (including phenoxy) is 2. The van der Waals surface area contributed by atoms with Crippen LogP contribution in [0.25, 0.3) is 10.9 Å². The fourth-order valence-electron chi connectivity index (χ4n) is 2.52. The van der Waals surface area contributed by atoms with Gasteiger partial charge in [0.15, 0.2) is 6.10 Å². The highest BCUT2D eigenvalue weighted by Gasteiger charge is 2.27. The Balaban J connectivity index is 2.10. The standard InChI is InChI=1S/C18H21N3O6/c1-10(16(23)21-18(25)26-3)27-17(24)15(20-11(2)22)8-12-9-19-14-7-5-4-6-13(12)14/h4-7,9-10,15,19H,8H2,1-3H3,(H,20,22)(H,21,23,25)/t10-,15+/m1/s1. The van der Waals surface area contributed by atoms with E-state index < -0.39 is 36.0 Å². The van der Waals surface area contributed by atoms with E-state index >= 15 is 0 Å². The fraction of sp³-hybridized carbons (Fsp3) is 0.333. The first kappa shape index (κ1) is 20.0. The number of H-pyrrole nitrogens is 1. The number of imide groups is 1. The number of aromatic amines is 1. The number of para-hydroxylation sites is 1. The van der Waals surface area contributed by atoms with Gasteiger partial charge in [0.25, 0.3) is 5.91 Å². The van der Waals surface area contributed by atoms with E-state index in [9.17, 15) is 19.2 Å². The van der Waals surface area contributed by atoms with Crippen molar-refractivity contribution in [1.29, 1.82) is 0 Å². The maximum absolute atomic E-state index is 12.5. The molecule has 1 aromatic carbocycles. The van der Waals surface area contributed by atoms with Gasteiger partial charge >= 0.3 is 12.1 Å². The second-order valence-electron chi connectivity index (χ2n) is 5.88. The minimum atomic E-state index is -1.24. The molecule has 3 N–H and O–H groups in total. The summed E-state index contributed by atoms with van der Waals surface area (Å²) in [7, 11) is 1.10. The number of nitrogens with one attached hydrogen (secondary N) is 3. The Kier molecular flexibility index (Phi) is 6.53. The largest absolute Gasteiger partial charge is 0.453 e. The molecule has 1 aromatic heterocycles. The van der Waals surface area contributed by atoms with Crippen molar-refractivity contribution in [1.82, 2.24) is 15.6 Å². The molecule has 0 aliphatic heterocycles. The van der Waals surface area contributed by atoms with Crippen molar-refractivity contribution < 1.29 is 28.7 Å². The Labute approximate surface area is 155 Å². The van der Waals surface area contributed by atoms with Crippen LogP contribution in [0, 0.1) is 0 Å². The third-order valence-electron chi connectivity index (χ3n) is 3.83. The average molecular weight is 375 g/mol. The van der Waals surface area contributed by atoms with Gasteiger partial charge in [0, 0.05) is 30.4 Å². The number of aromatic nitrogens is 1. The molecule has 9 nitrogen and oxygen atoms in total. The maximum Gasteiger partial charge on any atom is 0.413 e. The zero-order valence-electron chi connectivity index (χ0n) is 15.2. The highest BCUT2D eigenvalue weighted by atomic mass is 16.6. The Morgan fingerprint density at radius 3 is 2.56 bits per heavy atom. The number of carbonyl (C=O) groups excluding carboxylic acids is 4. The summed E-state index contributed by atoms with van der Waals surface area (Å²) in [5.41, 5.74) is 1.71. The molecular weight excluding hydrogens is 354 g/mol. The summed E-state index contributed by atoms with van der Waals surface area (Å²) in [4.78, 5) is 49.9. The number of amides is 3. The Bertz CT molecular complexity index is 860. The number of esters is 1. The summed E-state index contributed by atoms with van der Waals surface area (Å²) >= 11 is 0. The van der Waals surface area contributed by atoms with Gasteiger partial charge in [-0.2, -0.15) is 0 Å². The molecule has 3 amide bonds. The van der Waals surface area contributed by atoms with Crippen LogP contribution in [0.4, 0.5) is 4.79 Å². The van der Waals surface area contributed by atoms with Crippen molar-refractivity contribution >= 4 is 34.8 Å². The van der Waals surface area contributed by atoms with Crippen molar-refractivity contribution in [2.24, 2.45) is 0 Å². The van der Waals surface area contributed by atoms with Crippen molar-refractivity contribution in [3.05, 3.63) is 36.0 Å². The summed E-state index contributed by atoms with van der Waals surface area (Å²) in [6.45, 7) is 2.59. The van der Waals surface area contributed by atoms with E-state index in [2.05, 4.69) is 15.0 Å². The summed E-state index contributed by atoms with van der Waals surface area (Å²) in [6.07, 6.45) is -0.274. The van der Waals surface area contributed by atoms with Crippen LogP contribution in [-0.4, -0.2) is 48.1 Å². The quantitative estimate of drug-likeness (QED) is 0.647. The third kappa shape index (κ3) is 5.30. The topological polar surface area (TPSA) is 127 Å². The van der Waals surface area contributed by atoms with Crippen molar-refractivity contribution in [2.45, 2.75) is 32.4 Å². The molecule has 0 unspecified atom stereocenters. The number of rotatable bonds is 6. The Morgan fingerprint density at radius 2 is 1.89 bits per heavy atom. The van der Waals surface area contributed by atoms with Crippen molar-refractivity contribution in [3.63, 3.8) is 0 Å². The van der Waals surface area contributed by atoms with Crippen molar-refractivity contribution in [2.75, 3.05) is 7.11 Å². The van der Waals surface area contributed by atoms with E-state index in [-0.39, 0.29) is 6.42 Å². The highest BCUT2D eigenvalue weighted by molar-refractivity contribution is 5.95. The number of hydrogen-bond acceptors (Lipinski definition) is 6. The van der Waals surface area contributed by atoms with E-state index in [0.29, 0.717) is 0 Å². The molecule has 0 saturated heterocycles. The molecule has 0 spiro atoms. The number of hydrogen-bond donors (Lipinski definition) is 3. The molecule has 0 aliphatic carbocycles. The van der Waals surface area contributed by atoms with Crippen LogP contribution in [-0.2, 0) is 30.3 Å². The predicted molar refractivity (Wildman–Crippen MR) is 95.7 cm³/mol. The molecule has 0 bridgehead atoms. The van der Waals surface area contributed by atoms with Crippen molar-refractivity contribution in [3.8, 4) is 0 Å². The minimum Gasteiger partial charge on any atom is -0.453 e. The summed E-state index contributed by atoms with van der Waals surface area (Å²) in [5, 5.41) is 5.36. The lowest BCUT2D eigenvalue weighted by Gasteiger charge is -2.19. The van der Waals surface area contributed by atoms with Crippen LogP contribution in [0.3, 0.4) is 0 Å². The normalized spacial score (nSPS) is 12.7. The molecule has 2 atom stereocenters. The first-order chi connectivity index (χ1) is 12.8. The SMILES string of the molecule is COC(=O)NC(=O)[C@@H](C)OC(=O)[C@H](Cc1c[nH]c2ccccc12)NC(C)=O. The van der Waals surface area contributed by atoms with Crippen LogP contribution in [0.5, 0.6) is 0 Å². The summed E-state index contributed by atoms with van der Waals surface area (Å²) in [5.74, 6) is -2.03. The van der Waals surface area contributed by atoms with E-state index in [1.54, 1.807) is 6.20 Å². The molecular formula is C18H21N3O6. The van der Waals surface area contributed by atoms with Gasteiger partial charge in [-0.15, -0.1) is 0 Å². The number of methoxy groups -OCH3 is 1. The molecule has 0 fully saturated rings. The van der Waals surface area contributed by atoms with Gasteiger partial charge in [-0.3, -0.25) is 14.9 Å². The second kappa shape index (κ2) is 8.84. The fourth-order valence-corrected chi connectivity index (χ4v) is 2.52. The molecule has 1 heterocycles. The van der Waals surface area contributed by atoms with Gasteiger partial charge in [-0.25, -0.2) is 9.59 Å². The van der Waals surface area contributed by atoms with Gasteiger partial charge in [0.2, 0.25) is 5.91 Å². The first-order valence-electron chi connectivity index (χ1n) is 8.23. The lowest BCUT2D eigenvalue weighted by molar-refractivity contribution is -0.157. The predicted octanol–water partition coefficient (Wildman–Crippen LogP) is 1.03. The zero-order chi connectivity index (χ0) is 20.0. The lowest BCUT2D eigenvalue weighted by atomic mass is 10.0. The van der Waals surface area contributed by atoms with Gasteiger partial charge in [-0.1, -0.05) is 18.2 Å². The lowest BCUT2D eigenvalue weighted by Crippen LogP contribution is -2.46. The van der Waals surface area contributed by atoms with Crippen LogP contribution in [0.15, 0.2) is 30.5 Å². The highest BCUT2D eigenvalue weighted by Crippen LogP contribution is 2.19. The smallest absolute Gasteiger partial charge is 0.413 e. The zero-order valence-corrected chi connectivity index (χ0v) is 15.2. The number of fused-ring (bicyclic) bond motifs is 1. The average Bonchev–Trinajstić information content (AvgIpc) is 3.03. The van der Waals surface area contributed by atoms with Crippen LogP contribution in [0.2, 0.25) is 0 Å². The molecule has 0 radical (unpaired) electrons. The molecule has 0 aliphatic rings. The third-order valence-corrected chi connectivity index (χ3v) is 3.83. The van der Waals surface area contributed by atoms with Gasteiger partial charge < -0.3 is 19.8 Å². The Morgan fingerprint density at radius 1 is 1.19 bits per heavy atom. The number of benzene rings is 1. The number of alkyl carbamates (subject to hydrolysis) is 1. The van der Waals surface area contributed by atoms with E-state index in [0.717, 1.165) is 23.6 Å². The van der Waals surface area contributed by atoms with Gasteiger partial charge in [-0.05, 0) is 18.6 Å². The molecule has 2 rings (SSSR count). The first-order valence-corrected chi connectivity index (χ1v) is 8.23. The maximum atomic E-state index is 12.5. The van der Waals surface area contributed by atoms with Crippen LogP contribution in [0.1, 0.15) is 19.4 Å². The summed E-state index contributed by atoms with van der Waals surface area (Å²) < 4.78 is 9.41. The van der Waals surface area contributed by atoms with Crippen LogP contribution < -0.4 is 10.6 Å². The Hall–Kier alpha value is -3.36. The molecule has 0 saturated carbocycles. The molecule has 9 heteroatoms. The molecule has 144 valence electrons. The molecule has 27 heavy (non-hydrogen) atoms. The summed E-state index contributed by atoms with van der Waals surface area (Å²) in [6, 6.07) is 6.54. The second-order valence-corrected chi connectivity index (χ2v) is 5.88. The van der Waals surface area contributed by atoms with E-state index in [1.807, 2.05) is 29.6 Å².